The van der Waals surface area contributed by atoms with Gasteiger partial charge in [0.15, 0.2) is 23.0 Å². The Kier molecular flexibility index (Phi) is 10.5. The summed E-state index contributed by atoms with van der Waals surface area (Å²) in [7, 11) is 9.18. The molecule has 1 saturated carbocycles. The molecule has 0 radical (unpaired) electrons. The van der Waals surface area contributed by atoms with E-state index < -0.39 is 0 Å². The Hall–Kier alpha value is -1.70. The summed E-state index contributed by atoms with van der Waals surface area (Å²) in [6.45, 7) is 2.16. The lowest BCUT2D eigenvalue weighted by molar-refractivity contribution is 0.190. The maximum absolute atomic E-state index is 5.67. The van der Waals surface area contributed by atoms with Crippen molar-refractivity contribution in [3.8, 4) is 23.0 Å². The van der Waals surface area contributed by atoms with E-state index >= 15 is 0 Å². The minimum Gasteiger partial charge on any atom is -0.493 e. The van der Waals surface area contributed by atoms with Crippen LogP contribution in [0.3, 0.4) is 0 Å². The SMILES string of the molecule is COc1ccc(C2(CN(C)CCCC3(c4ccc(OC)c(OC)c4)SCCCS3)CCCCC2)cc1OC. The van der Waals surface area contributed by atoms with Gasteiger partial charge in [0.05, 0.1) is 32.5 Å². The van der Waals surface area contributed by atoms with Crippen molar-refractivity contribution in [3.05, 3.63) is 47.5 Å². The third-order valence-corrected chi connectivity index (χ3v) is 11.7. The van der Waals surface area contributed by atoms with Crippen molar-refractivity contribution in [3.63, 3.8) is 0 Å². The number of nitrogens with zero attached hydrogens (tertiary/aromatic N) is 1. The fourth-order valence-electron chi connectivity index (χ4n) is 6.21. The van der Waals surface area contributed by atoms with Crippen molar-refractivity contribution in [1.29, 1.82) is 0 Å². The molecule has 1 saturated heterocycles. The molecule has 4 rings (SSSR count). The summed E-state index contributed by atoms with van der Waals surface area (Å²) in [5, 5.41) is 0. The Morgan fingerprint density at radius 3 is 1.84 bits per heavy atom. The first-order valence-corrected chi connectivity index (χ1v) is 15.9. The highest BCUT2D eigenvalue weighted by Crippen LogP contribution is 2.54. The molecule has 0 N–H and O–H groups in total. The van der Waals surface area contributed by atoms with E-state index in [4.69, 9.17) is 18.9 Å². The average molecular weight is 560 g/mol. The average Bonchev–Trinajstić information content (AvgIpc) is 2.97. The summed E-state index contributed by atoms with van der Waals surface area (Å²) in [6, 6.07) is 13.1. The molecule has 2 aromatic rings. The van der Waals surface area contributed by atoms with E-state index in [0.29, 0.717) is 0 Å². The number of ether oxygens (including phenoxy) is 4. The summed E-state index contributed by atoms with van der Waals surface area (Å²) >= 11 is 4.22. The van der Waals surface area contributed by atoms with E-state index in [1.807, 2.05) is 0 Å². The molecule has 0 spiro atoms. The van der Waals surface area contributed by atoms with Crippen molar-refractivity contribution in [2.45, 2.75) is 60.9 Å². The zero-order valence-corrected chi connectivity index (χ0v) is 25.5. The van der Waals surface area contributed by atoms with E-state index in [0.717, 1.165) is 48.9 Å². The van der Waals surface area contributed by atoms with Crippen molar-refractivity contribution in [2.75, 3.05) is 60.1 Å². The number of hydrogen-bond acceptors (Lipinski definition) is 7. The maximum Gasteiger partial charge on any atom is 0.161 e. The summed E-state index contributed by atoms with van der Waals surface area (Å²) in [4.78, 5) is 2.57. The zero-order chi connectivity index (χ0) is 27.0. The van der Waals surface area contributed by atoms with Crippen molar-refractivity contribution in [1.82, 2.24) is 4.90 Å². The Bertz CT molecular complexity index is 1030. The Labute approximate surface area is 238 Å². The monoisotopic (exact) mass is 559 g/mol. The van der Waals surface area contributed by atoms with Crippen LogP contribution in [0.5, 0.6) is 23.0 Å². The second-order valence-corrected chi connectivity index (χ2v) is 13.7. The van der Waals surface area contributed by atoms with Crippen LogP contribution in [-0.2, 0) is 9.49 Å². The molecule has 2 aromatic carbocycles. The van der Waals surface area contributed by atoms with E-state index in [-0.39, 0.29) is 9.49 Å². The highest BCUT2D eigenvalue weighted by atomic mass is 32.2. The van der Waals surface area contributed by atoms with Gasteiger partial charge in [-0.05, 0) is 92.6 Å². The topological polar surface area (TPSA) is 40.2 Å². The minimum absolute atomic E-state index is 0.0739. The minimum atomic E-state index is 0.0739. The van der Waals surface area contributed by atoms with Gasteiger partial charge in [-0.3, -0.25) is 0 Å². The lowest BCUT2D eigenvalue weighted by atomic mass is 9.69. The number of thioether (sulfide) groups is 2. The quantitative estimate of drug-likeness (QED) is 0.269. The van der Waals surface area contributed by atoms with Crippen LogP contribution in [0, 0.1) is 0 Å². The Morgan fingerprint density at radius 2 is 1.26 bits per heavy atom. The third-order valence-electron chi connectivity index (χ3n) is 8.21. The predicted octanol–water partition coefficient (Wildman–Crippen LogP) is 7.36. The molecule has 5 nitrogen and oxygen atoms in total. The van der Waals surface area contributed by atoms with Crippen molar-refractivity contribution in [2.24, 2.45) is 0 Å². The molecule has 210 valence electrons. The van der Waals surface area contributed by atoms with E-state index in [1.165, 1.54) is 61.2 Å². The summed E-state index contributed by atoms with van der Waals surface area (Å²) in [5.41, 5.74) is 2.91. The van der Waals surface area contributed by atoms with Crippen LogP contribution in [0.25, 0.3) is 0 Å². The molecule has 0 atom stereocenters. The smallest absolute Gasteiger partial charge is 0.161 e. The second kappa shape index (κ2) is 13.6. The fourth-order valence-corrected chi connectivity index (χ4v) is 9.63. The number of rotatable bonds is 12. The molecule has 1 heterocycles. The van der Waals surface area contributed by atoms with E-state index in [2.05, 4.69) is 71.9 Å². The molecular formula is C31H45NO4S2. The van der Waals surface area contributed by atoms with Gasteiger partial charge in [-0.2, -0.15) is 0 Å². The van der Waals surface area contributed by atoms with Gasteiger partial charge in [0.2, 0.25) is 0 Å². The molecule has 0 aromatic heterocycles. The van der Waals surface area contributed by atoms with Crippen molar-refractivity contribution >= 4 is 23.5 Å². The van der Waals surface area contributed by atoms with Gasteiger partial charge in [0.25, 0.3) is 0 Å². The van der Waals surface area contributed by atoms with Gasteiger partial charge < -0.3 is 23.8 Å². The van der Waals surface area contributed by atoms with Crippen LogP contribution in [0.2, 0.25) is 0 Å². The zero-order valence-electron chi connectivity index (χ0n) is 23.8. The number of likely N-dealkylation sites (N-methyl/N-ethyl adjacent to an activating group) is 1. The lowest BCUT2D eigenvalue weighted by Crippen LogP contribution is -2.41. The van der Waals surface area contributed by atoms with Gasteiger partial charge >= 0.3 is 0 Å². The van der Waals surface area contributed by atoms with Crippen LogP contribution >= 0.6 is 23.5 Å². The number of benzene rings is 2. The molecule has 7 heteroatoms. The Morgan fingerprint density at radius 1 is 0.711 bits per heavy atom. The molecule has 0 unspecified atom stereocenters. The molecule has 0 amide bonds. The second-order valence-electron chi connectivity index (χ2n) is 10.6. The first kappa shape index (κ1) is 29.3. The van der Waals surface area contributed by atoms with Crippen LogP contribution in [0.1, 0.15) is 62.5 Å². The summed E-state index contributed by atoms with van der Waals surface area (Å²) < 4.78 is 22.4. The van der Waals surface area contributed by atoms with Crippen LogP contribution in [0.15, 0.2) is 36.4 Å². The largest absolute Gasteiger partial charge is 0.493 e. The third kappa shape index (κ3) is 6.53. The number of hydrogen-bond donors (Lipinski definition) is 0. The predicted molar refractivity (Wildman–Crippen MR) is 162 cm³/mol. The normalized spacial score (nSPS) is 18.7. The fraction of sp³-hybridized carbons (Fsp3) is 0.613. The first-order valence-electron chi connectivity index (χ1n) is 13.9. The number of methoxy groups -OCH3 is 4. The maximum atomic E-state index is 5.67. The molecule has 2 fully saturated rings. The molecule has 0 bridgehead atoms. The molecular weight excluding hydrogens is 514 g/mol. The van der Waals surface area contributed by atoms with Gasteiger partial charge in [-0.1, -0.05) is 31.4 Å². The van der Waals surface area contributed by atoms with Gasteiger partial charge in [-0.25, -0.2) is 0 Å². The molecule has 38 heavy (non-hydrogen) atoms. The lowest BCUT2D eigenvalue weighted by Gasteiger charge is -2.41. The van der Waals surface area contributed by atoms with Gasteiger partial charge in [0, 0.05) is 12.0 Å². The van der Waals surface area contributed by atoms with Crippen molar-refractivity contribution < 1.29 is 18.9 Å². The highest BCUT2D eigenvalue weighted by molar-refractivity contribution is 8.18. The highest BCUT2D eigenvalue weighted by Gasteiger charge is 2.38. The summed E-state index contributed by atoms with van der Waals surface area (Å²) in [6.07, 6.45) is 9.95. The Balaban J connectivity index is 1.47. The van der Waals surface area contributed by atoms with Crippen LogP contribution in [-0.4, -0.2) is 65.0 Å². The van der Waals surface area contributed by atoms with Crippen LogP contribution in [0.4, 0.5) is 0 Å². The van der Waals surface area contributed by atoms with Gasteiger partial charge in [0.1, 0.15) is 0 Å². The summed E-state index contributed by atoms with van der Waals surface area (Å²) in [5.74, 6) is 5.67. The standard InChI is InChI=1S/C31H45NO4S2/c1-32(23-30(15-7-6-8-16-30)24-11-13-26(33-2)28(21-24)35-4)18-9-17-31(37-19-10-20-38-31)25-12-14-27(34-3)29(22-25)36-5/h11-14,21-22H,6-10,15-20,23H2,1-5H3. The van der Waals surface area contributed by atoms with E-state index in [9.17, 15) is 0 Å². The van der Waals surface area contributed by atoms with Crippen LogP contribution < -0.4 is 18.9 Å². The van der Waals surface area contributed by atoms with Gasteiger partial charge in [-0.15, -0.1) is 23.5 Å². The van der Waals surface area contributed by atoms with E-state index in [1.54, 1.807) is 28.4 Å². The first-order chi connectivity index (χ1) is 18.5. The molecule has 2 aliphatic rings. The molecule has 1 aliphatic carbocycles. The molecule has 1 aliphatic heterocycles.